The monoisotopic (exact) mass is 287 g/mol. The number of nitrogens with zero attached hydrogens (tertiary/aromatic N) is 4. The molecule has 1 aromatic heterocycles. The van der Waals surface area contributed by atoms with Gasteiger partial charge in [0.2, 0.25) is 0 Å². The van der Waals surface area contributed by atoms with Crippen molar-refractivity contribution in [2.45, 2.75) is 24.8 Å². The van der Waals surface area contributed by atoms with Crippen molar-refractivity contribution in [2.24, 2.45) is 7.05 Å². The fourth-order valence-corrected chi connectivity index (χ4v) is 2.81. The normalized spacial score (nSPS) is 11.9. The smallest absolute Gasteiger partial charge is 0.154 e. The Kier molecular flexibility index (Phi) is 4.64. The van der Waals surface area contributed by atoms with Gasteiger partial charge in [-0.1, -0.05) is 13.0 Å². The molecule has 104 valence electrons. The lowest BCUT2D eigenvalue weighted by Crippen LogP contribution is -2.13. The van der Waals surface area contributed by atoms with E-state index in [1.165, 1.54) is 0 Å². The van der Waals surface area contributed by atoms with E-state index in [1.807, 2.05) is 36.7 Å². The Labute approximate surface area is 123 Å². The first-order chi connectivity index (χ1) is 9.67. The van der Waals surface area contributed by atoms with Gasteiger partial charge in [-0.15, -0.1) is 22.0 Å². The van der Waals surface area contributed by atoms with Crippen molar-refractivity contribution in [3.8, 4) is 6.07 Å². The number of aryl methyl sites for hydroxylation is 1. The number of nitrogens with one attached hydrogen (secondary N) is 1. The van der Waals surface area contributed by atoms with Crippen LogP contribution in [0.25, 0.3) is 0 Å². The summed E-state index contributed by atoms with van der Waals surface area (Å²) in [5, 5.41) is 20.7. The second-order valence-electron chi connectivity index (χ2n) is 4.39. The van der Waals surface area contributed by atoms with Crippen LogP contribution in [0.15, 0.2) is 29.4 Å². The van der Waals surface area contributed by atoms with Crippen molar-refractivity contribution in [3.05, 3.63) is 35.9 Å². The average molecular weight is 287 g/mol. The molecule has 0 saturated heterocycles. The SMILES string of the molecule is CCSc1cccc(NC(C)c2nncn2C)c1C#N. The highest BCUT2D eigenvalue weighted by Gasteiger charge is 2.14. The van der Waals surface area contributed by atoms with Crippen LogP contribution < -0.4 is 5.32 Å². The molecule has 6 heteroatoms. The first kappa shape index (κ1) is 14.4. The molecule has 2 rings (SSSR count). The maximum Gasteiger partial charge on any atom is 0.154 e. The largest absolute Gasteiger partial charge is 0.374 e. The van der Waals surface area contributed by atoms with Crippen molar-refractivity contribution < 1.29 is 0 Å². The molecule has 0 amide bonds. The summed E-state index contributed by atoms with van der Waals surface area (Å²) >= 11 is 1.67. The zero-order valence-electron chi connectivity index (χ0n) is 11.8. The lowest BCUT2D eigenvalue weighted by atomic mass is 10.1. The van der Waals surface area contributed by atoms with Crippen LogP contribution in [0.4, 0.5) is 5.69 Å². The van der Waals surface area contributed by atoms with Crippen molar-refractivity contribution in [1.82, 2.24) is 14.8 Å². The summed E-state index contributed by atoms with van der Waals surface area (Å²) in [6.07, 6.45) is 1.67. The van der Waals surface area contributed by atoms with Gasteiger partial charge in [0.1, 0.15) is 12.4 Å². The number of hydrogen-bond acceptors (Lipinski definition) is 5. The highest BCUT2D eigenvalue weighted by atomic mass is 32.2. The van der Waals surface area contributed by atoms with Crippen LogP contribution in [0.2, 0.25) is 0 Å². The molecule has 1 heterocycles. The molecule has 0 saturated carbocycles. The molecule has 1 unspecified atom stereocenters. The first-order valence-electron chi connectivity index (χ1n) is 6.43. The van der Waals surface area contributed by atoms with Crippen LogP contribution in [0, 0.1) is 11.3 Å². The summed E-state index contributed by atoms with van der Waals surface area (Å²) in [7, 11) is 1.90. The molecule has 0 radical (unpaired) electrons. The number of rotatable bonds is 5. The molecular formula is C14H17N5S. The van der Waals surface area contributed by atoms with E-state index in [9.17, 15) is 5.26 Å². The minimum Gasteiger partial charge on any atom is -0.374 e. The predicted octanol–water partition coefficient (Wildman–Crippen LogP) is 2.97. The summed E-state index contributed by atoms with van der Waals surface area (Å²) < 4.78 is 1.87. The summed E-state index contributed by atoms with van der Waals surface area (Å²) in [4.78, 5) is 1.00. The first-order valence-corrected chi connectivity index (χ1v) is 7.42. The number of benzene rings is 1. The van der Waals surface area contributed by atoms with Crippen LogP contribution in [0.3, 0.4) is 0 Å². The molecule has 0 fully saturated rings. The fourth-order valence-electron chi connectivity index (χ4n) is 2.02. The van der Waals surface area contributed by atoms with Crippen molar-refractivity contribution in [3.63, 3.8) is 0 Å². The van der Waals surface area contributed by atoms with Crippen LogP contribution >= 0.6 is 11.8 Å². The zero-order valence-corrected chi connectivity index (χ0v) is 12.6. The highest BCUT2D eigenvalue weighted by Crippen LogP contribution is 2.29. The van der Waals surface area contributed by atoms with E-state index >= 15 is 0 Å². The lowest BCUT2D eigenvalue weighted by molar-refractivity contribution is 0.719. The second kappa shape index (κ2) is 6.44. The maximum absolute atomic E-state index is 9.39. The number of anilines is 1. The van der Waals surface area contributed by atoms with E-state index < -0.39 is 0 Å². The third-order valence-corrected chi connectivity index (χ3v) is 3.88. The van der Waals surface area contributed by atoms with Gasteiger partial charge >= 0.3 is 0 Å². The fraction of sp³-hybridized carbons (Fsp3) is 0.357. The van der Waals surface area contributed by atoms with Crippen LogP contribution in [0.1, 0.15) is 31.3 Å². The Hall–Kier alpha value is -2.00. The molecule has 0 spiro atoms. The number of aromatic nitrogens is 3. The molecule has 0 aliphatic heterocycles. The van der Waals surface area contributed by atoms with Gasteiger partial charge in [-0.3, -0.25) is 0 Å². The molecular weight excluding hydrogens is 270 g/mol. The van der Waals surface area contributed by atoms with Gasteiger partial charge in [-0.05, 0) is 24.8 Å². The predicted molar refractivity (Wildman–Crippen MR) is 80.6 cm³/mol. The van der Waals surface area contributed by atoms with Crippen LogP contribution in [-0.4, -0.2) is 20.5 Å². The Bertz CT molecular complexity index is 629. The van der Waals surface area contributed by atoms with Gasteiger partial charge < -0.3 is 9.88 Å². The summed E-state index contributed by atoms with van der Waals surface area (Å²) in [5.74, 6) is 1.78. The van der Waals surface area contributed by atoms with E-state index in [-0.39, 0.29) is 6.04 Å². The zero-order chi connectivity index (χ0) is 14.5. The van der Waals surface area contributed by atoms with E-state index in [4.69, 9.17) is 0 Å². The topological polar surface area (TPSA) is 66.5 Å². The van der Waals surface area contributed by atoms with E-state index in [0.29, 0.717) is 5.56 Å². The molecule has 5 nitrogen and oxygen atoms in total. The molecule has 1 atom stereocenters. The number of nitriles is 1. The quantitative estimate of drug-likeness (QED) is 0.856. The summed E-state index contributed by atoms with van der Waals surface area (Å²) in [6, 6.07) is 8.13. The van der Waals surface area contributed by atoms with Gasteiger partial charge in [-0.25, -0.2) is 0 Å². The van der Waals surface area contributed by atoms with Crippen LogP contribution in [0.5, 0.6) is 0 Å². The van der Waals surface area contributed by atoms with Crippen molar-refractivity contribution >= 4 is 17.4 Å². The van der Waals surface area contributed by atoms with Crippen molar-refractivity contribution in [1.29, 1.82) is 5.26 Å². The Morgan fingerprint density at radius 3 is 2.90 bits per heavy atom. The maximum atomic E-state index is 9.39. The van der Waals surface area contributed by atoms with Gasteiger partial charge in [0.15, 0.2) is 5.82 Å². The lowest BCUT2D eigenvalue weighted by Gasteiger charge is -2.16. The molecule has 1 aromatic carbocycles. The second-order valence-corrected chi connectivity index (χ2v) is 5.70. The van der Waals surface area contributed by atoms with Crippen LogP contribution in [-0.2, 0) is 7.05 Å². The Balaban J connectivity index is 2.28. The van der Waals surface area contributed by atoms with Crippen molar-refractivity contribution in [2.75, 3.05) is 11.1 Å². The van der Waals surface area contributed by atoms with Gasteiger partial charge in [-0.2, -0.15) is 5.26 Å². The van der Waals surface area contributed by atoms with Gasteiger partial charge in [0.05, 0.1) is 17.3 Å². The Morgan fingerprint density at radius 1 is 1.50 bits per heavy atom. The standard InChI is InChI=1S/C14H17N5S/c1-4-20-13-7-5-6-12(11(13)8-15)17-10(2)14-18-16-9-19(14)3/h5-7,9-10,17H,4H2,1-3H3. The minimum absolute atomic E-state index is 0.0172. The summed E-state index contributed by atoms with van der Waals surface area (Å²) in [5.41, 5.74) is 1.52. The molecule has 20 heavy (non-hydrogen) atoms. The summed E-state index contributed by atoms with van der Waals surface area (Å²) in [6.45, 7) is 4.08. The van der Waals surface area contributed by atoms with E-state index in [1.54, 1.807) is 18.1 Å². The third kappa shape index (κ3) is 2.94. The minimum atomic E-state index is -0.0172. The van der Waals surface area contributed by atoms with Gasteiger partial charge in [0.25, 0.3) is 0 Å². The molecule has 2 aromatic rings. The number of thioether (sulfide) groups is 1. The molecule has 1 N–H and O–H groups in total. The molecule has 0 aliphatic rings. The number of hydrogen-bond donors (Lipinski definition) is 1. The highest BCUT2D eigenvalue weighted by molar-refractivity contribution is 7.99. The van der Waals surface area contributed by atoms with E-state index in [0.717, 1.165) is 22.2 Å². The Morgan fingerprint density at radius 2 is 2.30 bits per heavy atom. The molecule has 0 bridgehead atoms. The van der Waals surface area contributed by atoms with E-state index in [2.05, 4.69) is 28.5 Å². The third-order valence-electron chi connectivity index (χ3n) is 2.94. The molecule has 0 aliphatic carbocycles. The average Bonchev–Trinajstić information content (AvgIpc) is 2.86. The van der Waals surface area contributed by atoms with Gasteiger partial charge in [0, 0.05) is 11.9 Å².